The molecule has 2 fully saturated rings. The molecule has 0 bridgehead atoms. The number of hydrogen-bond donors (Lipinski definition) is 2. The van der Waals surface area contributed by atoms with Crippen molar-refractivity contribution in [1.29, 1.82) is 0 Å². The van der Waals surface area contributed by atoms with Crippen molar-refractivity contribution >= 4 is 34.4 Å². The number of ether oxygens (including phenoxy) is 1. The highest BCUT2D eigenvalue weighted by Crippen LogP contribution is 2.34. The number of hydrogen-bond acceptors (Lipinski definition) is 8. The molecule has 60 heavy (non-hydrogen) atoms. The van der Waals surface area contributed by atoms with Crippen molar-refractivity contribution in [2.45, 2.75) is 51.1 Å². The van der Waals surface area contributed by atoms with E-state index in [0.717, 1.165) is 66.2 Å². The number of piperazine rings is 1. The van der Waals surface area contributed by atoms with Gasteiger partial charge in [-0.2, -0.15) is 13.2 Å². The second-order valence-electron chi connectivity index (χ2n) is 15.2. The molecule has 11 nitrogen and oxygen atoms in total. The Kier molecular flexibility index (Phi) is 11.4. The number of aromatic nitrogens is 1. The van der Waals surface area contributed by atoms with Gasteiger partial charge in [-0.15, -0.1) is 0 Å². The summed E-state index contributed by atoms with van der Waals surface area (Å²) < 4.78 is 44.9. The number of pyridine rings is 1. The number of fused-ring (bicyclic) bond motifs is 2. The van der Waals surface area contributed by atoms with Gasteiger partial charge in [0.1, 0.15) is 17.5 Å². The summed E-state index contributed by atoms with van der Waals surface area (Å²) in [7, 11) is 0. The third-order valence-electron chi connectivity index (χ3n) is 11.0. The molecule has 4 heterocycles. The van der Waals surface area contributed by atoms with Crippen LogP contribution in [0.4, 0.5) is 13.2 Å². The normalized spacial score (nSPS) is 17.8. The Labute approximate surface area is 344 Å². The van der Waals surface area contributed by atoms with Gasteiger partial charge in [0, 0.05) is 67.8 Å². The van der Waals surface area contributed by atoms with Gasteiger partial charge < -0.3 is 15.0 Å². The Morgan fingerprint density at radius 2 is 1.70 bits per heavy atom. The molecule has 3 aliphatic rings. The predicted octanol–water partition coefficient (Wildman–Crippen LogP) is 6.47. The molecular formula is C46H41F3N6O5. The van der Waals surface area contributed by atoms with Gasteiger partial charge in [-0.1, -0.05) is 30.0 Å². The largest absolute Gasteiger partial charge is 0.457 e. The van der Waals surface area contributed by atoms with Gasteiger partial charge >= 0.3 is 6.18 Å². The molecule has 0 saturated carbocycles. The fourth-order valence-corrected chi connectivity index (χ4v) is 7.74. The number of piperidine rings is 1. The zero-order chi connectivity index (χ0) is 42.0. The van der Waals surface area contributed by atoms with Crippen LogP contribution in [0.15, 0.2) is 97.1 Å². The molecule has 2 saturated heterocycles. The maximum atomic E-state index is 13.4. The number of imide groups is 1. The van der Waals surface area contributed by atoms with Crippen molar-refractivity contribution in [2.24, 2.45) is 0 Å². The first-order valence-electron chi connectivity index (χ1n) is 19.7. The van der Waals surface area contributed by atoms with Crippen LogP contribution in [0.25, 0.3) is 10.8 Å². The van der Waals surface area contributed by atoms with E-state index in [0.29, 0.717) is 48.3 Å². The second kappa shape index (κ2) is 17.0. The molecule has 4 aromatic carbocycles. The molecule has 3 aliphatic heterocycles. The van der Waals surface area contributed by atoms with Gasteiger partial charge in [0.05, 0.1) is 29.5 Å². The number of amides is 4. The number of rotatable bonds is 9. The molecule has 0 radical (unpaired) electrons. The minimum Gasteiger partial charge on any atom is -0.457 e. The Morgan fingerprint density at radius 3 is 2.47 bits per heavy atom. The van der Waals surface area contributed by atoms with E-state index in [1.165, 1.54) is 17.0 Å². The Hall–Kier alpha value is -6.56. The third-order valence-corrected chi connectivity index (χ3v) is 11.0. The summed E-state index contributed by atoms with van der Waals surface area (Å²) in [5.74, 6) is 6.01. The molecule has 4 amide bonds. The maximum absolute atomic E-state index is 13.4. The van der Waals surface area contributed by atoms with Gasteiger partial charge in [-0.25, -0.2) is 0 Å². The van der Waals surface area contributed by atoms with Gasteiger partial charge in [0.25, 0.3) is 11.8 Å². The monoisotopic (exact) mass is 814 g/mol. The number of nitrogens with zero attached hydrogens (tertiary/aromatic N) is 4. The van der Waals surface area contributed by atoms with Crippen LogP contribution in [0.3, 0.4) is 0 Å². The molecule has 8 rings (SSSR count). The quantitative estimate of drug-likeness (QED) is 0.128. The van der Waals surface area contributed by atoms with E-state index < -0.39 is 23.7 Å². The van der Waals surface area contributed by atoms with E-state index in [9.17, 15) is 32.3 Å². The molecule has 0 spiro atoms. The highest BCUT2D eigenvalue weighted by Gasteiger charge is 2.39. The summed E-state index contributed by atoms with van der Waals surface area (Å²) in [6, 6.07) is 25.4. The number of benzene rings is 4. The average molecular weight is 815 g/mol. The van der Waals surface area contributed by atoms with Gasteiger partial charge in [0.15, 0.2) is 0 Å². The fraction of sp³-hybridized carbons (Fsp3) is 0.283. The number of halogens is 3. The summed E-state index contributed by atoms with van der Waals surface area (Å²) in [6.07, 6.45) is -3.90. The van der Waals surface area contributed by atoms with Crippen molar-refractivity contribution in [1.82, 2.24) is 30.3 Å². The maximum Gasteiger partial charge on any atom is 0.416 e. The molecule has 0 aliphatic carbocycles. The first-order chi connectivity index (χ1) is 28.9. The van der Waals surface area contributed by atoms with Crippen LogP contribution in [0, 0.1) is 11.8 Å². The van der Waals surface area contributed by atoms with E-state index in [4.69, 9.17) is 9.72 Å². The number of alkyl halides is 3. The van der Waals surface area contributed by atoms with Crippen LogP contribution in [0.1, 0.15) is 74.6 Å². The van der Waals surface area contributed by atoms with E-state index in [-0.39, 0.29) is 35.9 Å². The van der Waals surface area contributed by atoms with Crippen LogP contribution >= 0.6 is 0 Å². The minimum absolute atomic E-state index is 0.202. The lowest BCUT2D eigenvalue weighted by Gasteiger charge is -2.33. The molecule has 2 atom stereocenters. The SMILES string of the molecule is C[C@H](NC(=O)c1ccc2c(Oc3ccc(C(F)(F)F)cc3)cccc2c1)c1cccc(CN2CCN(CC#Cc3ccc4c(c3)CN(C3CCC(=O)NC3=O)C4=O)CC2)n1. The lowest BCUT2D eigenvalue weighted by molar-refractivity contribution is -0.138. The average Bonchev–Trinajstić information content (AvgIpc) is 3.56. The van der Waals surface area contributed by atoms with Crippen molar-refractivity contribution in [3.63, 3.8) is 0 Å². The van der Waals surface area contributed by atoms with Crippen LogP contribution in [-0.2, 0) is 28.9 Å². The van der Waals surface area contributed by atoms with E-state index in [1.807, 2.05) is 43.3 Å². The lowest BCUT2D eigenvalue weighted by Crippen LogP contribution is -2.52. The molecule has 1 aromatic heterocycles. The van der Waals surface area contributed by atoms with Gasteiger partial charge in [-0.3, -0.25) is 39.3 Å². The van der Waals surface area contributed by atoms with E-state index in [1.54, 1.807) is 36.4 Å². The van der Waals surface area contributed by atoms with Crippen LogP contribution in [0.2, 0.25) is 0 Å². The second-order valence-corrected chi connectivity index (χ2v) is 15.2. The standard InChI is InChI=1S/C46H41F3N6O5/c1-29(50-43(57)32-11-17-37-31(26-32)6-2-9-41(37)60-36-14-12-34(13-15-36)46(47,48)49)39-8-3-7-35(51-39)28-54-23-21-53(22-24-54)20-4-5-30-10-16-38-33(25-30)27-55(45(38)59)40-18-19-42(56)52-44(40)58/h2-3,6-17,25-26,29,40H,18-24,27-28H2,1H3,(H,50,57)(H,52,56,58)/t29-,40?/m0/s1. The minimum atomic E-state index is -4.43. The van der Waals surface area contributed by atoms with Crippen molar-refractivity contribution in [2.75, 3.05) is 32.7 Å². The Morgan fingerprint density at radius 1 is 0.933 bits per heavy atom. The lowest BCUT2D eigenvalue weighted by atomic mass is 10.0. The molecule has 1 unspecified atom stereocenters. The summed E-state index contributed by atoms with van der Waals surface area (Å²) in [5, 5.41) is 6.83. The Balaban J connectivity index is 0.811. The number of carbonyl (C=O) groups is 4. The molecule has 5 aromatic rings. The van der Waals surface area contributed by atoms with Crippen molar-refractivity contribution < 1.29 is 37.1 Å². The Bertz CT molecular complexity index is 2540. The van der Waals surface area contributed by atoms with Gasteiger partial charge in [-0.05, 0) is 103 Å². The van der Waals surface area contributed by atoms with Crippen molar-refractivity contribution in [3.05, 3.63) is 136 Å². The first-order valence-corrected chi connectivity index (χ1v) is 19.7. The van der Waals surface area contributed by atoms with E-state index >= 15 is 0 Å². The fourth-order valence-electron chi connectivity index (χ4n) is 7.74. The summed E-state index contributed by atoms with van der Waals surface area (Å²) in [6.45, 7) is 6.84. The van der Waals surface area contributed by atoms with Crippen LogP contribution in [-0.4, -0.2) is 82.1 Å². The first kappa shape index (κ1) is 40.2. The highest BCUT2D eigenvalue weighted by molar-refractivity contribution is 6.05. The molecule has 14 heteroatoms. The zero-order valence-electron chi connectivity index (χ0n) is 32.7. The number of carbonyl (C=O) groups excluding carboxylic acids is 4. The predicted molar refractivity (Wildman–Crippen MR) is 217 cm³/mol. The van der Waals surface area contributed by atoms with Crippen LogP contribution in [0.5, 0.6) is 11.5 Å². The molecule has 2 N–H and O–H groups in total. The number of nitrogens with one attached hydrogen (secondary N) is 2. The third kappa shape index (κ3) is 9.02. The smallest absolute Gasteiger partial charge is 0.416 e. The topological polar surface area (TPSA) is 124 Å². The summed E-state index contributed by atoms with van der Waals surface area (Å²) in [4.78, 5) is 61.4. The van der Waals surface area contributed by atoms with E-state index in [2.05, 4.69) is 32.3 Å². The highest BCUT2D eigenvalue weighted by atomic mass is 19.4. The van der Waals surface area contributed by atoms with Gasteiger partial charge in [0.2, 0.25) is 11.8 Å². The zero-order valence-corrected chi connectivity index (χ0v) is 32.7. The summed E-state index contributed by atoms with van der Waals surface area (Å²) >= 11 is 0. The molecule has 306 valence electrons. The summed E-state index contributed by atoms with van der Waals surface area (Å²) in [5.41, 5.74) is 3.53. The van der Waals surface area contributed by atoms with Crippen molar-refractivity contribution in [3.8, 4) is 23.3 Å². The van der Waals surface area contributed by atoms with Crippen LogP contribution < -0.4 is 15.4 Å². The molecular weight excluding hydrogens is 774 g/mol.